The zero-order chi connectivity index (χ0) is 47.9. The SMILES string of the molecule is CCCCCCCCCCCCCCCCCCCCCCCCC(O)C(CO)NC(=O)CCCCCCCCC/C=C\CCCCCCOC(=O)CCCCCCCCCCCCCC. The number of aliphatic hydroxyl groups is 2. The molecule has 2 unspecified atom stereocenters. The lowest BCUT2D eigenvalue weighted by atomic mass is 10.0. The number of hydrogen-bond acceptors (Lipinski definition) is 5. The van der Waals surface area contributed by atoms with Crippen LogP contribution in [0, 0.1) is 0 Å². The molecule has 0 saturated heterocycles. The van der Waals surface area contributed by atoms with E-state index in [1.807, 2.05) is 0 Å². The van der Waals surface area contributed by atoms with Crippen LogP contribution in [0.5, 0.6) is 0 Å². The van der Waals surface area contributed by atoms with Gasteiger partial charge in [-0.2, -0.15) is 0 Å². The van der Waals surface area contributed by atoms with Gasteiger partial charge in [0.25, 0.3) is 0 Å². The molecule has 0 aromatic heterocycles. The fraction of sp³-hybridized carbons (Fsp3) is 0.933. The van der Waals surface area contributed by atoms with Gasteiger partial charge < -0.3 is 20.3 Å². The van der Waals surface area contributed by atoms with Crippen molar-refractivity contribution in [3.63, 3.8) is 0 Å². The Bertz CT molecular complexity index is 986. The Morgan fingerprint density at radius 1 is 0.409 bits per heavy atom. The Morgan fingerprint density at radius 2 is 0.712 bits per heavy atom. The summed E-state index contributed by atoms with van der Waals surface area (Å²) in [6.45, 7) is 4.94. The molecule has 0 heterocycles. The van der Waals surface area contributed by atoms with E-state index in [4.69, 9.17) is 4.74 Å². The maximum atomic E-state index is 12.5. The third-order valence-electron chi connectivity index (χ3n) is 14.1. The van der Waals surface area contributed by atoms with Gasteiger partial charge in [-0.15, -0.1) is 0 Å². The molecule has 1 amide bonds. The van der Waals surface area contributed by atoms with E-state index in [1.54, 1.807) is 0 Å². The van der Waals surface area contributed by atoms with E-state index in [2.05, 4.69) is 31.3 Å². The minimum absolute atomic E-state index is 0.00842. The second-order valence-electron chi connectivity index (χ2n) is 20.7. The molecule has 0 aromatic rings. The highest BCUT2D eigenvalue weighted by molar-refractivity contribution is 5.76. The second kappa shape index (κ2) is 56.2. The zero-order valence-corrected chi connectivity index (χ0v) is 44.7. The normalized spacial score (nSPS) is 12.6. The standard InChI is InChI=1S/C60H117NO5/c1-3-5-7-9-11-13-15-17-18-19-20-21-22-23-24-26-29-32-36-40-44-48-52-58(63)57(56-62)61-59(64)53-49-45-41-37-33-30-27-25-28-31-35-39-43-47-51-55-66-60(65)54-50-46-42-38-34-16-14-12-10-8-6-4-2/h28,31,57-58,62-63H,3-27,29-30,32-56H2,1-2H3,(H,61,64)/b31-28-. The van der Waals surface area contributed by atoms with Crippen molar-refractivity contribution in [3.8, 4) is 0 Å². The number of rotatable bonds is 56. The van der Waals surface area contributed by atoms with Gasteiger partial charge in [0.05, 0.1) is 25.4 Å². The number of ether oxygens (including phenoxy) is 1. The Balaban J connectivity index is 3.46. The molecule has 6 nitrogen and oxygen atoms in total. The second-order valence-corrected chi connectivity index (χ2v) is 20.7. The predicted octanol–water partition coefficient (Wildman–Crippen LogP) is 18.5. The summed E-state index contributed by atoms with van der Waals surface area (Å²) < 4.78 is 5.45. The number of carbonyl (C=O) groups excluding carboxylic acids is 2. The summed E-state index contributed by atoms with van der Waals surface area (Å²) in [5.74, 6) is -0.0548. The number of allylic oxidation sites excluding steroid dienone is 2. The molecule has 2 atom stereocenters. The monoisotopic (exact) mass is 932 g/mol. The molecule has 6 heteroatoms. The summed E-state index contributed by atoms with van der Waals surface area (Å²) in [7, 11) is 0. The van der Waals surface area contributed by atoms with Gasteiger partial charge in [-0.1, -0.05) is 283 Å². The first-order valence-corrected chi connectivity index (χ1v) is 29.9. The number of unbranched alkanes of at least 4 members (excludes halogenated alkanes) is 43. The van der Waals surface area contributed by atoms with E-state index in [-0.39, 0.29) is 18.5 Å². The van der Waals surface area contributed by atoms with Gasteiger partial charge in [-0.25, -0.2) is 0 Å². The van der Waals surface area contributed by atoms with Gasteiger partial charge >= 0.3 is 5.97 Å². The summed E-state index contributed by atoms with van der Waals surface area (Å²) in [6.07, 6.45) is 66.4. The molecule has 0 spiro atoms. The average molecular weight is 933 g/mol. The third-order valence-corrected chi connectivity index (χ3v) is 14.1. The lowest BCUT2D eigenvalue weighted by Gasteiger charge is -2.22. The fourth-order valence-corrected chi connectivity index (χ4v) is 9.46. The topological polar surface area (TPSA) is 95.9 Å². The molecule has 0 fully saturated rings. The fourth-order valence-electron chi connectivity index (χ4n) is 9.46. The molecule has 0 radical (unpaired) electrons. The summed E-state index contributed by atoms with van der Waals surface area (Å²) in [5, 5.41) is 23.3. The van der Waals surface area contributed by atoms with Crippen molar-refractivity contribution in [2.45, 2.75) is 347 Å². The van der Waals surface area contributed by atoms with Crippen LogP contribution in [0.25, 0.3) is 0 Å². The van der Waals surface area contributed by atoms with Crippen molar-refractivity contribution in [1.29, 1.82) is 0 Å². The molecule has 0 saturated carbocycles. The van der Waals surface area contributed by atoms with E-state index < -0.39 is 12.1 Å². The van der Waals surface area contributed by atoms with Crippen molar-refractivity contribution in [2.24, 2.45) is 0 Å². The van der Waals surface area contributed by atoms with Crippen LogP contribution < -0.4 is 5.32 Å². The lowest BCUT2D eigenvalue weighted by molar-refractivity contribution is -0.143. The average Bonchev–Trinajstić information content (AvgIpc) is 3.32. The predicted molar refractivity (Wildman–Crippen MR) is 287 cm³/mol. The van der Waals surface area contributed by atoms with Gasteiger partial charge in [0.1, 0.15) is 0 Å². The van der Waals surface area contributed by atoms with Crippen molar-refractivity contribution in [3.05, 3.63) is 12.2 Å². The Labute approximate surface area is 412 Å². The zero-order valence-electron chi connectivity index (χ0n) is 44.7. The number of nitrogens with one attached hydrogen (secondary N) is 1. The van der Waals surface area contributed by atoms with E-state index in [0.717, 1.165) is 70.6 Å². The van der Waals surface area contributed by atoms with Crippen LogP contribution in [0.1, 0.15) is 335 Å². The number of amides is 1. The van der Waals surface area contributed by atoms with Crippen LogP contribution >= 0.6 is 0 Å². The van der Waals surface area contributed by atoms with Crippen LogP contribution in [0.4, 0.5) is 0 Å². The summed E-state index contributed by atoms with van der Waals surface area (Å²) in [5.41, 5.74) is 0. The highest BCUT2D eigenvalue weighted by Gasteiger charge is 2.20. The smallest absolute Gasteiger partial charge is 0.305 e. The minimum atomic E-state index is -0.674. The molecular formula is C60H117NO5. The Hall–Kier alpha value is -1.40. The molecule has 0 aliphatic heterocycles. The van der Waals surface area contributed by atoms with Gasteiger partial charge in [-0.3, -0.25) is 9.59 Å². The van der Waals surface area contributed by atoms with Crippen LogP contribution in [0.2, 0.25) is 0 Å². The Morgan fingerprint density at radius 3 is 1.08 bits per heavy atom. The number of carbonyl (C=O) groups is 2. The third kappa shape index (κ3) is 52.0. The first-order valence-electron chi connectivity index (χ1n) is 29.9. The van der Waals surface area contributed by atoms with E-state index >= 15 is 0 Å². The molecule has 66 heavy (non-hydrogen) atoms. The quantitative estimate of drug-likeness (QED) is 0.0321. The van der Waals surface area contributed by atoms with Gasteiger partial charge in [0, 0.05) is 12.8 Å². The Kier molecular flexibility index (Phi) is 55.0. The summed E-state index contributed by atoms with van der Waals surface area (Å²) in [6, 6.07) is -0.553. The van der Waals surface area contributed by atoms with E-state index in [9.17, 15) is 19.8 Å². The molecule has 3 N–H and O–H groups in total. The number of esters is 1. The number of hydrogen-bond donors (Lipinski definition) is 3. The van der Waals surface area contributed by atoms with E-state index in [0.29, 0.717) is 25.9 Å². The maximum Gasteiger partial charge on any atom is 0.305 e. The highest BCUT2D eigenvalue weighted by atomic mass is 16.5. The van der Waals surface area contributed by atoms with Crippen molar-refractivity contribution >= 4 is 11.9 Å². The molecule has 0 bridgehead atoms. The maximum absolute atomic E-state index is 12.5. The van der Waals surface area contributed by atoms with Crippen LogP contribution in [-0.2, 0) is 14.3 Å². The van der Waals surface area contributed by atoms with Gasteiger partial charge in [0.15, 0.2) is 0 Å². The van der Waals surface area contributed by atoms with Crippen LogP contribution in [0.3, 0.4) is 0 Å². The van der Waals surface area contributed by atoms with Crippen molar-refractivity contribution in [2.75, 3.05) is 13.2 Å². The first kappa shape index (κ1) is 64.6. The lowest BCUT2D eigenvalue weighted by Crippen LogP contribution is -2.45. The molecule has 0 aromatic carbocycles. The first-order chi connectivity index (χ1) is 32.5. The van der Waals surface area contributed by atoms with Crippen molar-refractivity contribution in [1.82, 2.24) is 5.32 Å². The molecule has 0 rings (SSSR count). The van der Waals surface area contributed by atoms with Crippen LogP contribution in [-0.4, -0.2) is 47.4 Å². The number of aliphatic hydroxyl groups excluding tert-OH is 2. The summed E-state index contributed by atoms with van der Waals surface area (Å²) in [4.78, 5) is 24.5. The largest absolute Gasteiger partial charge is 0.466 e. The van der Waals surface area contributed by atoms with Crippen LogP contribution in [0.15, 0.2) is 12.2 Å². The van der Waals surface area contributed by atoms with Gasteiger partial charge in [0.2, 0.25) is 5.91 Å². The summed E-state index contributed by atoms with van der Waals surface area (Å²) >= 11 is 0. The van der Waals surface area contributed by atoms with Crippen molar-refractivity contribution < 1.29 is 24.5 Å². The highest BCUT2D eigenvalue weighted by Crippen LogP contribution is 2.18. The van der Waals surface area contributed by atoms with Gasteiger partial charge in [-0.05, 0) is 51.4 Å². The molecule has 0 aliphatic rings. The molecule has 392 valence electrons. The van der Waals surface area contributed by atoms with E-state index in [1.165, 1.54) is 231 Å². The molecular weight excluding hydrogens is 815 g/mol. The minimum Gasteiger partial charge on any atom is -0.466 e. The molecule has 0 aliphatic carbocycles.